The van der Waals surface area contributed by atoms with Crippen molar-refractivity contribution in [2.75, 3.05) is 7.11 Å². The van der Waals surface area contributed by atoms with Crippen LogP contribution in [0.4, 0.5) is 4.79 Å². The van der Waals surface area contributed by atoms with E-state index in [1.54, 1.807) is 32.0 Å². The average Bonchev–Trinajstić information content (AvgIpc) is 2.45. The van der Waals surface area contributed by atoms with Gasteiger partial charge in [-0.05, 0) is 39.8 Å². The number of carbonyl (C=O) groups is 3. The summed E-state index contributed by atoms with van der Waals surface area (Å²) in [6.45, 7) is 6.73. The number of amides is 3. The number of nitrogens with one attached hydrogen (secondary N) is 2. The second-order valence-corrected chi connectivity index (χ2v) is 5.37. The third-order valence-corrected chi connectivity index (χ3v) is 2.88. The molecule has 1 rings (SSSR count). The molecule has 126 valence electrons. The Kier molecular flexibility index (Phi) is 6.56. The molecular formula is C16H22N2O5. The first kappa shape index (κ1) is 18.5. The van der Waals surface area contributed by atoms with Gasteiger partial charge in [-0.1, -0.05) is 11.6 Å². The molecule has 7 heteroatoms. The molecule has 0 aliphatic carbocycles. The molecular weight excluding hydrogens is 300 g/mol. The third-order valence-electron chi connectivity index (χ3n) is 2.88. The van der Waals surface area contributed by atoms with Crippen LogP contribution >= 0.6 is 0 Å². The van der Waals surface area contributed by atoms with E-state index >= 15 is 0 Å². The van der Waals surface area contributed by atoms with Crippen molar-refractivity contribution in [2.45, 2.75) is 39.8 Å². The predicted molar refractivity (Wildman–Crippen MR) is 84.4 cm³/mol. The van der Waals surface area contributed by atoms with Crippen LogP contribution in [0.3, 0.4) is 0 Å². The summed E-state index contributed by atoms with van der Waals surface area (Å²) in [4.78, 5) is 35.5. The first-order valence-corrected chi connectivity index (χ1v) is 7.21. The van der Waals surface area contributed by atoms with Crippen LogP contribution in [0.2, 0.25) is 0 Å². The number of imide groups is 1. The van der Waals surface area contributed by atoms with Gasteiger partial charge in [-0.25, -0.2) is 9.59 Å². The molecule has 3 amide bonds. The van der Waals surface area contributed by atoms with E-state index in [1.807, 2.05) is 6.92 Å². The fourth-order valence-corrected chi connectivity index (χ4v) is 1.77. The normalized spacial score (nSPS) is 11.6. The molecule has 0 fully saturated rings. The number of ether oxygens (including phenoxy) is 2. The van der Waals surface area contributed by atoms with Crippen molar-refractivity contribution in [3.63, 3.8) is 0 Å². The fourth-order valence-electron chi connectivity index (χ4n) is 1.77. The number of hydrogen-bond acceptors (Lipinski definition) is 5. The maximum Gasteiger partial charge on any atom is 0.342 e. The fraction of sp³-hybridized carbons (Fsp3) is 0.438. The van der Waals surface area contributed by atoms with Crippen LogP contribution in [0.5, 0.6) is 5.75 Å². The monoisotopic (exact) mass is 322 g/mol. The Hall–Kier alpha value is -2.57. The summed E-state index contributed by atoms with van der Waals surface area (Å²) in [6, 6.07) is 4.30. The van der Waals surface area contributed by atoms with Gasteiger partial charge < -0.3 is 14.8 Å². The number of methoxy groups -OCH3 is 1. The van der Waals surface area contributed by atoms with Crippen LogP contribution in [0, 0.1) is 6.92 Å². The summed E-state index contributed by atoms with van der Waals surface area (Å²) in [5.41, 5.74) is 1.07. The summed E-state index contributed by atoms with van der Waals surface area (Å²) < 4.78 is 10.2. The van der Waals surface area contributed by atoms with E-state index < -0.39 is 24.0 Å². The largest absolute Gasteiger partial charge is 0.496 e. The maximum absolute atomic E-state index is 12.2. The van der Waals surface area contributed by atoms with Crippen molar-refractivity contribution in [3.05, 3.63) is 29.3 Å². The zero-order chi connectivity index (χ0) is 17.6. The zero-order valence-corrected chi connectivity index (χ0v) is 13.9. The molecule has 7 nitrogen and oxygen atoms in total. The number of esters is 1. The van der Waals surface area contributed by atoms with E-state index in [2.05, 4.69) is 10.6 Å². The summed E-state index contributed by atoms with van der Waals surface area (Å²) in [7, 11) is 1.44. The minimum Gasteiger partial charge on any atom is -0.496 e. The SMILES string of the molecule is COc1ccc(C)cc1C(=O)O[C@H](C)C(=O)NC(=O)NC(C)C. The number of carbonyl (C=O) groups excluding carboxylic acids is 3. The molecule has 0 unspecified atom stereocenters. The summed E-state index contributed by atoms with van der Waals surface area (Å²) in [6.07, 6.45) is -1.12. The molecule has 0 aliphatic heterocycles. The van der Waals surface area contributed by atoms with Crippen LogP contribution < -0.4 is 15.4 Å². The standard InChI is InChI=1S/C16H22N2O5/c1-9(2)17-16(21)18-14(19)11(4)23-15(20)12-8-10(3)6-7-13(12)22-5/h6-9,11H,1-5H3,(H2,17,18,19,21)/t11-/m1/s1. The van der Waals surface area contributed by atoms with Crippen LogP contribution in [-0.2, 0) is 9.53 Å². The number of rotatable bonds is 5. The van der Waals surface area contributed by atoms with Gasteiger partial charge in [0.05, 0.1) is 7.11 Å². The molecule has 23 heavy (non-hydrogen) atoms. The smallest absolute Gasteiger partial charge is 0.342 e. The molecule has 0 heterocycles. The van der Waals surface area contributed by atoms with E-state index in [4.69, 9.17) is 9.47 Å². The Morgan fingerprint density at radius 3 is 2.35 bits per heavy atom. The average molecular weight is 322 g/mol. The lowest BCUT2D eigenvalue weighted by Crippen LogP contribution is -2.46. The van der Waals surface area contributed by atoms with Gasteiger partial charge in [0.2, 0.25) is 0 Å². The van der Waals surface area contributed by atoms with Crippen molar-refractivity contribution in [3.8, 4) is 5.75 Å². The van der Waals surface area contributed by atoms with Crippen molar-refractivity contribution in [2.24, 2.45) is 0 Å². The summed E-state index contributed by atoms with van der Waals surface area (Å²) >= 11 is 0. The summed E-state index contributed by atoms with van der Waals surface area (Å²) in [5.74, 6) is -1.05. The van der Waals surface area contributed by atoms with Crippen molar-refractivity contribution < 1.29 is 23.9 Å². The van der Waals surface area contributed by atoms with Crippen LogP contribution in [0.1, 0.15) is 36.7 Å². The molecule has 0 saturated carbocycles. The lowest BCUT2D eigenvalue weighted by Gasteiger charge is -2.15. The van der Waals surface area contributed by atoms with Gasteiger partial charge in [-0.3, -0.25) is 10.1 Å². The van der Waals surface area contributed by atoms with Crippen LogP contribution in [0.15, 0.2) is 18.2 Å². The van der Waals surface area contributed by atoms with Gasteiger partial charge in [0.1, 0.15) is 11.3 Å². The van der Waals surface area contributed by atoms with Gasteiger partial charge >= 0.3 is 12.0 Å². The third kappa shape index (κ3) is 5.61. The Labute approximate surface area is 135 Å². The Balaban J connectivity index is 2.71. The molecule has 0 aromatic heterocycles. The van der Waals surface area contributed by atoms with E-state index in [0.29, 0.717) is 5.75 Å². The van der Waals surface area contributed by atoms with E-state index in [1.165, 1.54) is 14.0 Å². The highest BCUT2D eigenvalue weighted by molar-refractivity contribution is 5.99. The molecule has 0 bridgehead atoms. The van der Waals surface area contributed by atoms with Crippen molar-refractivity contribution >= 4 is 17.9 Å². The van der Waals surface area contributed by atoms with E-state index in [0.717, 1.165) is 5.56 Å². The lowest BCUT2D eigenvalue weighted by atomic mass is 10.1. The molecule has 2 N–H and O–H groups in total. The maximum atomic E-state index is 12.2. The number of benzene rings is 1. The minimum absolute atomic E-state index is 0.114. The molecule has 1 aromatic carbocycles. The number of hydrogen-bond donors (Lipinski definition) is 2. The molecule has 0 aliphatic rings. The Morgan fingerprint density at radius 1 is 1.13 bits per heavy atom. The number of urea groups is 1. The first-order chi connectivity index (χ1) is 10.7. The Morgan fingerprint density at radius 2 is 1.78 bits per heavy atom. The van der Waals surface area contributed by atoms with Crippen molar-refractivity contribution in [1.82, 2.24) is 10.6 Å². The zero-order valence-electron chi connectivity index (χ0n) is 13.9. The van der Waals surface area contributed by atoms with E-state index in [-0.39, 0.29) is 11.6 Å². The van der Waals surface area contributed by atoms with Gasteiger partial charge in [0.15, 0.2) is 6.10 Å². The van der Waals surface area contributed by atoms with Crippen LogP contribution in [-0.4, -0.2) is 37.2 Å². The van der Waals surface area contributed by atoms with Gasteiger partial charge in [0.25, 0.3) is 5.91 Å². The van der Waals surface area contributed by atoms with E-state index in [9.17, 15) is 14.4 Å². The molecule has 0 spiro atoms. The molecule has 1 atom stereocenters. The predicted octanol–water partition coefficient (Wildman–Crippen LogP) is 1.78. The number of aryl methyl sites for hydroxylation is 1. The van der Waals surface area contributed by atoms with Crippen LogP contribution in [0.25, 0.3) is 0 Å². The minimum atomic E-state index is -1.12. The Bertz CT molecular complexity index is 598. The summed E-state index contributed by atoms with van der Waals surface area (Å²) in [5, 5.41) is 4.62. The topological polar surface area (TPSA) is 93.7 Å². The highest BCUT2D eigenvalue weighted by Crippen LogP contribution is 2.21. The first-order valence-electron chi connectivity index (χ1n) is 7.21. The lowest BCUT2D eigenvalue weighted by molar-refractivity contribution is -0.127. The highest BCUT2D eigenvalue weighted by atomic mass is 16.5. The quantitative estimate of drug-likeness (QED) is 0.806. The molecule has 0 saturated heterocycles. The molecule has 0 radical (unpaired) electrons. The van der Waals surface area contributed by atoms with Crippen molar-refractivity contribution in [1.29, 1.82) is 0 Å². The second kappa shape index (κ2) is 8.17. The second-order valence-electron chi connectivity index (χ2n) is 5.37. The molecule has 1 aromatic rings. The van der Waals surface area contributed by atoms with Gasteiger partial charge in [0, 0.05) is 6.04 Å². The highest BCUT2D eigenvalue weighted by Gasteiger charge is 2.23. The van der Waals surface area contributed by atoms with Gasteiger partial charge in [-0.15, -0.1) is 0 Å². The van der Waals surface area contributed by atoms with Gasteiger partial charge in [-0.2, -0.15) is 0 Å².